The Bertz CT molecular complexity index is 966. The van der Waals surface area contributed by atoms with E-state index < -0.39 is 0 Å². The first-order valence-electron chi connectivity index (χ1n) is 9.57. The number of Topliss-reactive ketones (excluding diaryl/α,β-unsaturated/α-hetero) is 1. The van der Waals surface area contributed by atoms with Gasteiger partial charge in [0.25, 0.3) is 0 Å². The maximum atomic E-state index is 13.0. The van der Waals surface area contributed by atoms with Gasteiger partial charge in [-0.3, -0.25) is 9.69 Å². The van der Waals surface area contributed by atoms with Crippen molar-refractivity contribution >= 4 is 5.78 Å². The minimum absolute atomic E-state index is 0.111. The monoisotopic (exact) mass is 393 g/mol. The molecule has 1 aliphatic rings. The first kappa shape index (κ1) is 19.1. The third-order valence-electron chi connectivity index (χ3n) is 5.18. The highest BCUT2D eigenvalue weighted by Gasteiger charge is 2.32. The number of benzene rings is 2. The smallest absolute Gasteiger partial charge is 0.247 e. The number of ketones is 1. The normalized spacial score (nSPS) is 16.7. The van der Waals surface area contributed by atoms with E-state index in [0.29, 0.717) is 23.9 Å². The van der Waals surface area contributed by atoms with Gasteiger partial charge in [0.2, 0.25) is 11.8 Å². The number of methoxy groups -OCH3 is 2. The molecule has 1 atom stereocenters. The van der Waals surface area contributed by atoms with Crippen molar-refractivity contribution in [3.8, 4) is 23.0 Å². The van der Waals surface area contributed by atoms with Crippen LogP contribution >= 0.6 is 0 Å². The largest absolute Gasteiger partial charge is 0.497 e. The molecule has 1 fully saturated rings. The molecule has 0 amide bonds. The second-order valence-corrected chi connectivity index (χ2v) is 6.95. The molecular weight excluding hydrogens is 370 g/mol. The maximum Gasteiger partial charge on any atom is 0.247 e. The van der Waals surface area contributed by atoms with Crippen LogP contribution < -0.4 is 9.47 Å². The summed E-state index contributed by atoms with van der Waals surface area (Å²) in [6.07, 6.45) is 1.79. The number of aromatic nitrogens is 2. The number of nitrogens with zero attached hydrogens (tertiary/aromatic N) is 3. The Balaban J connectivity index is 1.45. The zero-order valence-corrected chi connectivity index (χ0v) is 16.5. The molecule has 0 radical (unpaired) electrons. The highest BCUT2D eigenvalue weighted by atomic mass is 16.5. The van der Waals surface area contributed by atoms with Crippen LogP contribution in [0.25, 0.3) is 11.5 Å². The van der Waals surface area contributed by atoms with Crippen molar-refractivity contribution in [1.29, 1.82) is 0 Å². The molecule has 1 aromatic heterocycles. The summed E-state index contributed by atoms with van der Waals surface area (Å²) in [5, 5.41) is 8.32. The van der Waals surface area contributed by atoms with Gasteiger partial charge in [0.1, 0.15) is 11.5 Å². The van der Waals surface area contributed by atoms with Crippen molar-refractivity contribution in [1.82, 2.24) is 15.1 Å². The van der Waals surface area contributed by atoms with Gasteiger partial charge in [-0.25, -0.2) is 0 Å². The molecule has 4 rings (SSSR count). The molecule has 150 valence electrons. The topological polar surface area (TPSA) is 77.7 Å². The number of carbonyl (C=O) groups excluding carboxylic acids is 1. The third kappa shape index (κ3) is 4.14. The van der Waals surface area contributed by atoms with E-state index in [1.54, 1.807) is 14.2 Å². The van der Waals surface area contributed by atoms with Gasteiger partial charge in [-0.15, -0.1) is 10.2 Å². The van der Waals surface area contributed by atoms with E-state index in [1.165, 1.54) is 0 Å². The van der Waals surface area contributed by atoms with Gasteiger partial charge in [0.05, 0.1) is 26.8 Å². The molecular formula is C22H23N3O4. The molecule has 0 N–H and O–H groups in total. The number of hydrogen-bond donors (Lipinski definition) is 0. The van der Waals surface area contributed by atoms with E-state index in [0.717, 1.165) is 36.4 Å². The number of likely N-dealkylation sites (tertiary alicyclic amines) is 1. The maximum absolute atomic E-state index is 13.0. The molecule has 0 saturated carbocycles. The molecule has 0 aliphatic carbocycles. The van der Waals surface area contributed by atoms with Gasteiger partial charge in [-0.2, -0.15) is 0 Å². The summed E-state index contributed by atoms with van der Waals surface area (Å²) in [5.41, 5.74) is 1.52. The van der Waals surface area contributed by atoms with Gasteiger partial charge in [-0.05, 0) is 67.9 Å². The standard InChI is InChI=1S/C22H23N3O4/c1-27-17-9-5-15(6-10-17)21(26)19-4-3-13-25(19)14-20-23-24-22(29-20)16-7-11-18(28-2)12-8-16/h5-12,19H,3-4,13-14H2,1-2H3/t19-/m1/s1. The van der Waals surface area contributed by atoms with E-state index in [2.05, 4.69) is 15.1 Å². The highest BCUT2D eigenvalue weighted by molar-refractivity contribution is 6.00. The fourth-order valence-electron chi connectivity index (χ4n) is 3.60. The van der Waals surface area contributed by atoms with Crippen LogP contribution in [0.1, 0.15) is 29.1 Å². The van der Waals surface area contributed by atoms with Gasteiger partial charge in [0.15, 0.2) is 5.78 Å². The Labute approximate surface area is 169 Å². The number of hydrogen-bond acceptors (Lipinski definition) is 7. The molecule has 3 aromatic rings. The van der Waals surface area contributed by atoms with E-state index in [1.807, 2.05) is 48.5 Å². The number of carbonyl (C=O) groups is 1. The Kier molecular flexibility index (Phi) is 5.57. The zero-order valence-electron chi connectivity index (χ0n) is 16.5. The second kappa shape index (κ2) is 8.45. The van der Waals surface area contributed by atoms with Gasteiger partial charge < -0.3 is 13.9 Å². The van der Waals surface area contributed by atoms with E-state index in [9.17, 15) is 4.79 Å². The summed E-state index contributed by atoms with van der Waals surface area (Å²) >= 11 is 0. The number of ether oxygens (including phenoxy) is 2. The minimum atomic E-state index is -0.181. The van der Waals surface area contributed by atoms with E-state index in [4.69, 9.17) is 13.9 Å². The lowest BCUT2D eigenvalue weighted by Crippen LogP contribution is -2.35. The zero-order chi connectivity index (χ0) is 20.2. The summed E-state index contributed by atoms with van der Waals surface area (Å²) in [5.74, 6) is 2.58. The van der Waals surface area contributed by atoms with Crippen molar-refractivity contribution in [3.05, 3.63) is 60.0 Å². The Morgan fingerprint density at radius 3 is 2.34 bits per heavy atom. The lowest BCUT2D eigenvalue weighted by atomic mass is 10.0. The molecule has 1 aliphatic heterocycles. The Morgan fingerprint density at radius 2 is 1.69 bits per heavy atom. The van der Waals surface area contributed by atoms with Crippen LogP contribution in [0.4, 0.5) is 0 Å². The lowest BCUT2D eigenvalue weighted by molar-refractivity contribution is 0.0853. The van der Waals surface area contributed by atoms with Crippen molar-refractivity contribution in [2.24, 2.45) is 0 Å². The highest BCUT2D eigenvalue weighted by Crippen LogP contribution is 2.26. The Hall–Kier alpha value is -3.19. The van der Waals surface area contributed by atoms with Crippen LogP contribution in [0.15, 0.2) is 52.9 Å². The van der Waals surface area contributed by atoms with Crippen molar-refractivity contribution in [3.63, 3.8) is 0 Å². The summed E-state index contributed by atoms with van der Waals surface area (Å²) in [4.78, 5) is 15.1. The second-order valence-electron chi connectivity index (χ2n) is 6.95. The first-order valence-corrected chi connectivity index (χ1v) is 9.57. The summed E-state index contributed by atoms with van der Waals surface area (Å²) < 4.78 is 16.2. The molecule has 1 saturated heterocycles. The molecule has 0 bridgehead atoms. The van der Waals surface area contributed by atoms with Gasteiger partial charge >= 0.3 is 0 Å². The average Bonchev–Trinajstić information content (AvgIpc) is 3.43. The van der Waals surface area contributed by atoms with Crippen LogP contribution in [0.3, 0.4) is 0 Å². The van der Waals surface area contributed by atoms with E-state index in [-0.39, 0.29) is 11.8 Å². The molecule has 0 spiro atoms. The fourth-order valence-corrected chi connectivity index (χ4v) is 3.60. The van der Waals surface area contributed by atoms with Crippen LogP contribution in [0.5, 0.6) is 11.5 Å². The van der Waals surface area contributed by atoms with Crippen LogP contribution in [-0.4, -0.2) is 47.7 Å². The third-order valence-corrected chi connectivity index (χ3v) is 5.18. The molecule has 0 unspecified atom stereocenters. The summed E-state index contributed by atoms with van der Waals surface area (Å²) in [7, 11) is 3.24. The van der Waals surface area contributed by atoms with Crippen LogP contribution in [0, 0.1) is 0 Å². The molecule has 7 nitrogen and oxygen atoms in total. The molecule has 2 heterocycles. The minimum Gasteiger partial charge on any atom is -0.497 e. The Morgan fingerprint density at radius 1 is 1.03 bits per heavy atom. The number of rotatable bonds is 7. The quantitative estimate of drug-likeness (QED) is 0.568. The summed E-state index contributed by atoms with van der Waals surface area (Å²) in [6.45, 7) is 1.28. The first-order chi connectivity index (χ1) is 14.2. The SMILES string of the molecule is COc1ccc(C(=O)[C@H]2CCCN2Cc2nnc(-c3ccc(OC)cc3)o2)cc1. The van der Waals surface area contributed by atoms with Crippen molar-refractivity contribution in [2.45, 2.75) is 25.4 Å². The van der Waals surface area contributed by atoms with E-state index >= 15 is 0 Å². The molecule has 29 heavy (non-hydrogen) atoms. The average molecular weight is 393 g/mol. The van der Waals surface area contributed by atoms with Crippen molar-refractivity contribution in [2.75, 3.05) is 20.8 Å². The summed E-state index contributed by atoms with van der Waals surface area (Å²) in [6, 6.07) is 14.5. The predicted octanol–water partition coefficient (Wildman–Crippen LogP) is 3.60. The van der Waals surface area contributed by atoms with Crippen molar-refractivity contribution < 1.29 is 18.7 Å². The van der Waals surface area contributed by atoms with Gasteiger partial charge in [-0.1, -0.05) is 0 Å². The molecule has 2 aromatic carbocycles. The fraction of sp³-hybridized carbons (Fsp3) is 0.318. The molecule has 7 heteroatoms. The predicted molar refractivity (Wildman–Crippen MR) is 107 cm³/mol. The van der Waals surface area contributed by atoms with Crippen LogP contribution in [0.2, 0.25) is 0 Å². The van der Waals surface area contributed by atoms with Crippen LogP contribution in [-0.2, 0) is 6.54 Å². The lowest BCUT2D eigenvalue weighted by Gasteiger charge is -2.21. The van der Waals surface area contributed by atoms with Gasteiger partial charge in [0, 0.05) is 11.1 Å².